The third-order valence-electron chi connectivity index (χ3n) is 12.3. The topological polar surface area (TPSA) is 438 Å². The molecule has 0 radical (unpaired) electrons. The summed E-state index contributed by atoms with van der Waals surface area (Å²) >= 11 is 0. The van der Waals surface area contributed by atoms with Crippen LogP contribution in [0.1, 0.15) is 97.5 Å². The van der Waals surface area contributed by atoms with Gasteiger partial charge >= 0.3 is 0 Å². The Morgan fingerprint density at radius 2 is 1.45 bits per heavy atom. The summed E-state index contributed by atoms with van der Waals surface area (Å²) in [5, 5.41) is 28.2. The van der Waals surface area contributed by atoms with E-state index in [9.17, 15) is 57.8 Å². The molecule has 2 heterocycles. The number of rotatable bonds is 21. The van der Waals surface area contributed by atoms with Crippen LogP contribution in [-0.4, -0.2) is 154 Å². The Labute approximate surface area is 443 Å². The number of carbonyl (C=O) groups is 11. The van der Waals surface area contributed by atoms with E-state index in [2.05, 4.69) is 42.2 Å². The molecule has 0 bridgehead atoms. The molecule has 2 aliphatic heterocycles. The molecule has 0 unspecified atom stereocenters. The van der Waals surface area contributed by atoms with Crippen LogP contribution in [0.5, 0.6) is 5.75 Å². The lowest BCUT2D eigenvalue weighted by atomic mass is 9.96. The van der Waals surface area contributed by atoms with Crippen LogP contribution in [0.25, 0.3) is 0 Å². The maximum atomic E-state index is 14.6. The average Bonchev–Trinajstić information content (AvgIpc) is 3.84. The molecule has 9 atom stereocenters. The number of nitrogens with two attached hydrogens (primary N) is 5. The number of likely N-dealkylation sites (tertiary alicyclic amines) is 1. The zero-order valence-corrected chi connectivity index (χ0v) is 44.4. The zero-order valence-electron chi connectivity index (χ0n) is 42.7. The van der Waals surface area contributed by atoms with E-state index in [-0.39, 0.29) is 74.3 Å². The number of carbonyl (C=O) groups excluding carboxylic acids is 11. The molecule has 75 heavy (non-hydrogen) atoms. The first-order valence-electron chi connectivity index (χ1n) is 24.8. The molecule has 26 nitrogen and oxygen atoms in total. The first-order chi connectivity index (χ1) is 35.4. The van der Waals surface area contributed by atoms with Crippen LogP contribution in [0.2, 0.25) is 0 Å². The summed E-state index contributed by atoms with van der Waals surface area (Å²) in [5.74, 6) is -10.1. The SMILES string of the molecule is CC[C@H](C)[C@@H]1NC(=O)[C@H](Cc2ccc(O)cc2)NC(=O)CCSSC[C@@H](C(=O)N2CCC[C@H]2C(=O)N[C@@H](CC(C)C)C(=O)N[C@@H](CCCN=C(N)N)C(N)=O)NC(=O)[C@H](CC(N)=O)NC(=O)[C@H](CCC(N)=O)NC1=O. The average molecular weight is 1090 g/mol. The van der Waals surface area contributed by atoms with Crippen LogP contribution >= 0.6 is 21.6 Å². The van der Waals surface area contributed by atoms with Gasteiger partial charge in [-0.3, -0.25) is 57.7 Å². The Kier molecular flexibility index (Phi) is 25.9. The Morgan fingerprint density at radius 1 is 0.800 bits per heavy atom. The van der Waals surface area contributed by atoms with Crippen LogP contribution in [0.3, 0.4) is 0 Å². The first-order valence-corrected chi connectivity index (χ1v) is 27.2. The van der Waals surface area contributed by atoms with Gasteiger partial charge < -0.3 is 75.9 Å². The van der Waals surface area contributed by atoms with Gasteiger partial charge in [0.15, 0.2) is 5.96 Å². The van der Waals surface area contributed by atoms with Crippen molar-refractivity contribution in [1.29, 1.82) is 0 Å². The predicted molar refractivity (Wildman–Crippen MR) is 280 cm³/mol. The van der Waals surface area contributed by atoms with Gasteiger partial charge in [-0.25, -0.2) is 0 Å². The van der Waals surface area contributed by atoms with E-state index in [4.69, 9.17) is 28.7 Å². The number of benzene rings is 1. The molecule has 2 aliphatic rings. The van der Waals surface area contributed by atoms with E-state index < -0.39 is 138 Å². The normalized spacial score (nSPS) is 22.6. The maximum Gasteiger partial charge on any atom is 0.246 e. The van der Waals surface area contributed by atoms with Crippen LogP contribution in [-0.2, 0) is 59.2 Å². The Morgan fingerprint density at radius 3 is 2.07 bits per heavy atom. The highest BCUT2D eigenvalue weighted by Gasteiger charge is 2.41. The highest BCUT2D eigenvalue weighted by Crippen LogP contribution is 2.26. The third-order valence-corrected chi connectivity index (χ3v) is 14.7. The summed E-state index contributed by atoms with van der Waals surface area (Å²) in [6.45, 7) is 7.26. The van der Waals surface area contributed by atoms with Gasteiger partial charge in [-0.05, 0) is 68.1 Å². The van der Waals surface area contributed by atoms with Gasteiger partial charge in [-0.15, -0.1) is 0 Å². The van der Waals surface area contributed by atoms with Crippen LogP contribution in [0.4, 0.5) is 0 Å². The summed E-state index contributed by atoms with van der Waals surface area (Å²) in [6.07, 6.45) is -0.434. The predicted octanol–water partition coefficient (Wildman–Crippen LogP) is -3.12. The molecule has 0 aliphatic carbocycles. The zero-order chi connectivity index (χ0) is 55.9. The van der Waals surface area contributed by atoms with Gasteiger partial charge in [0.2, 0.25) is 65.0 Å². The number of guanidine groups is 1. The van der Waals surface area contributed by atoms with Crippen molar-refractivity contribution in [2.75, 3.05) is 24.6 Å². The molecule has 28 heteroatoms. The molecular weight excluding hydrogens is 1020 g/mol. The number of nitrogens with zero attached hydrogens (tertiary/aromatic N) is 2. The summed E-state index contributed by atoms with van der Waals surface area (Å²) in [5.41, 5.74) is 27.9. The van der Waals surface area contributed by atoms with Crippen molar-refractivity contribution in [3.05, 3.63) is 29.8 Å². The maximum absolute atomic E-state index is 14.6. The van der Waals surface area contributed by atoms with Crippen molar-refractivity contribution < 1.29 is 57.8 Å². The molecule has 2 fully saturated rings. The minimum Gasteiger partial charge on any atom is -0.508 e. The number of nitrogens with one attached hydrogen (secondary N) is 7. The molecule has 2 saturated heterocycles. The van der Waals surface area contributed by atoms with Crippen LogP contribution in [0.15, 0.2) is 29.3 Å². The molecule has 11 amide bonds. The first kappa shape index (κ1) is 62.5. The molecule has 0 saturated carbocycles. The number of primary amides is 3. The highest BCUT2D eigenvalue weighted by molar-refractivity contribution is 8.76. The van der Waals surface area contributed by atoms with Gasteiger partial charge in [-0.2, -0.15) is 0 Å². The Bertz CT molecular complexity index is 2230. The molecule has 3 rings (SSSR count). The standard InChI is InChI=1S/C47H74N14O12S2/c1-5-25(4)38-45(72)56-29(14-15-35(48)63)40(67)57-32(22-36(49)64)42(69)59-33(23-75-74-19-16-37(65)54-31(43(70)60-38)21-26-10-12-27(62)13-11-26)46(73)61-18-7-9-34(61)44(71)58-30(20-24(2)3)41(68)55-28(39(50)66)8-6-17-53-47(51)52/h10-13,24-25,28-34,38,62H,5-9,14-23H2,1-4H3,(H2,48,63)(H2,49,64)(H2,50,66)(H,54,65)(H,55,68)(H,56,72)(H,57,67)(H,58,71)(H,59,69)(H,60,70)(H4,51,52,53)/t25-,28-,29-,30-,31-,32-,33-,34-,38-/m0/s1. The van der Waals surface area contributed by atoms with Gasteiger partial charge in [-0.1, -0.05) is 67.8 Å². The lowest BCUT2D eigenvalue weighted by molar-refractivity contribution is -0.142. The summed E-state index contributed by atoms with van der Waals surface area (Å²) in [7, 11) is 2.22. The largest absolute Gasteiger partial charge is 0.508 e. The van der Waals surface area contributed by atoms with Crippen molar-refractivity contribution in [2.24, 2.45) is 45.5 Å². The monoisotopic (exact) mass is 1090 g/mol. The fraction of sp³-hybridized carbons (Fsp3) is 0.617. The second-order valence-electron chi connectivity index (χ2n) is 18.9. The lowest BCUT2D eigenvalue weighted by Gasteiger charge is -2.31. The van der Waals surface area contributed by atoms with Gasteiger partial charge in [0.1, 0.15) is 54.1 Å². The van der Waals surface area contributed by atoms with E-state index >= 15 is 0 Å². The van der Waals surface area contributed by atoms with E-state index in [0.29, 0.717) is 24.8 Å². The number of amides is 11. The smallest absolute Gasteiger partial charge is 0.246 e. The fourth-order valence-electron chi connectivity index (χ4n) is 8.09. The number of phenolic OH excluding ortho intramolecular Hbond substituents is 1. The van der Waals surface area contributed by atoms with Gasteiger partial charge in [0, 0.05) is 43.9 Å². The molecular formula is C47H74N14O12S2. The summed E-state index contributed by atoms with van der Waals surface area (Å²) < 4.78 is 0. The second kappa shape index (κ2) is 31.1. The van der Waals surface area contributed by atoms with Crippen molar-refractivity contribution in [3.8, 4) is 5.75 Å². The lowest BCUT2D eigenvalue weighted by Crippen LogP contribution is -2.61. The molecule has 18 N–H and O–H groups in total. The quantitative estimate of drug-likeness (QED) is 0.0251. The Balaban J connectivity index is 2.00. The third kappa shape index (κ3) is 21.5. The van der Waals surface area contributed by atoms with Crippen molar-refractivity contribution in [3.63, 3.8) is 0 Å². The van der Waals surface area contributed by atoms with Crippen molar-refractivity contribution in [2.45, 2.75) is 147 Å². The number of phenols is 1. The van der Waals surface area contributed by atoms with Gasteiger partial charge in [0.25, 0.3) is 0 Å². The summed E-state index contributed by atoms with van der Waals surface area (Å²) in [4.78, 5) is 154. The van der Waals surface area contributed by atoms with Crippen molar-refractivity contribution >= 4 is 92.5 Å². The van der Waals surface area contributed by atoms with Crippen LogP contribution < -0.4 is 65.9 Å². The number of hydrogen-bond acceptors (Lipinski definition) is 15. The summed E-state index contributed by atoms with van der Waals surface area (Å²) in [6, 6.07) is -4.81. The molecule has 0 aromatic heterocycles. The molecule has 1 aromatic rings. The Hall–Kier alpha value is -6.84. The fourth-order valence-corrected chi connectivity index (χ4v) is 10.2. The van der Waals surface area contributed by atoms with Crippen molar-refractivity contribution in [1.82, 2.24) is 42.1 Å². The van der Waals surface area contributed by atoms with E-state index in [0.717, 1.165) is 21.6 Å². The minimum absolute atomic E-state index is 0.0317. The minimum atomic E-state index is -1.75. The highest BCUT2D eigenvalue weighted by atomic mass is 33.1. The number of aromatic hydroxyl groups is 1. The van der Waals surface area contributed by atoms with E-state index in [1.165, 1.54) is 17.0 Å². The van der Waals surface area contributed by atoms with Gasteiger partial charge in [0.05, 0.1) is 6.42 Å². The number of hydrogen-bond donors (Lipinski definition) is 13. The van der Waals surface area contributed by atoms with E-state index in [1.807, 2.05) is 13.8 Å². The molecule has 416 valence electrons. The number of aliphatic imine (C=N–C) groups is 1. The second-order valence-corrected chi connectivity index (χ2v) is 21.5. The van der Waals surface area contributed by atoms with Crippen LogP contribution in [0, 0.1) is 11.8 Å². The molecule has 0 spiro atoms. The molecule has 1 aromatic carbocycles. The van der Waals surface area contributed by atoms with E-state index in [1.54, 1.807) is 26.0 Å².